The molecule has 0 atom stereocenters. The van der Waals surface area contributed by atoms with Crippen molar-refractivity contribution < 1.29 is 10.0 Å². The lowest BCUT2D eigenvalue weighted by atomic mass is 9.78. The first kappa shape index (κ1) is 7.51. The summed E-state index contributed by atoms with van der Waals surface area (Å²) in [4.78, 5) is 0. The molecular formula is C6H5BClO2+. The van der Waals surface area contributed by atoms with E-state index in [1.54, 1.807) is 6.08 Å². The minimum Gasteiger partial charge on any atom is -0.421 e. The van der Waals surface area contributed by atoms with Crippen LogP contribution in [0.15, 0.2) is 28.7 Å². The molecular weight excluding hydrogens is 150 g/mol. The van der Waals surface area contributed by atoms with Crippen molar-refractivity contribution in [3.8, 4) is 0 Å². The molecule has 2 N–H and O–H groups in total. The fraction of sp³-hybridized carbons (Fsp3) is 0. The lowest BCUT2D eigenvalue weighted by Crippen LogP contribution is -2.14. The molecule has 1 aliphatic rings. The average Bonchev–Trinajstić information content (AvgIpc) is 1.88. The Morgan fingerprint density at radius 1 is 1.50 bits per heavy atom. The van der Waals surface area contributed by atoms with Crippen LogP contribution in [0.3, 0.4) is 0 Å². The summed E-state index contributed by atoms with van der Waals surface area (Å²) in [5, 5.41) is 17.7. The van der Waals surface area contributed by atoms with E-state index in [4.69, 9.17) is 21.6 Å². The Balaban J connectivity index is 2.82. The van der Waals surface area contributed by atoms with Gasteiger partial charge in [-0.3, -0.25) is 0 Å². The molecule has 0 aromatic heterocycles. The Labute approximate surface area is 64.3 Å². The van der Waals surface area contributed by atoms with Gasteiger partial charge in [0.05, 0.1) is 12.2 Å². The van der Waals surface area contributed by atoms with Crippen LogP contribution in [0.4, 0.5) is 0 Å². The summed E-state index contributed by atoms with van der Waals surface area (Å²) in [7, 11) is -1.49. The van der Waals surface area contributed by atoms with E-state index in [2.05, 4.69) is 6.08 Å². The van der Waals surface area contributed by atoms with Gasteiger partial charge in [0, 0.05) is 6.08 Å². The highest BCUT2D eigenvalue weighted by Crippen LogP contribution is 2.13. The Morgan fingerprint density at radius 3 is 2.60 bits per heavy atom. The number of hydrogen-bond donors (Lipinski definition) is 2. The zero-order valence-corrected chi connectivity index (χ0v) is 5.84. The van der Waals surface area contributed by atoms with Crippen LogP contribution >= 0.6 is 11.6 Å². The normalized spacial score (nSPS) is 15.5. The molecule has 1 rings (SSSR count). The second-order valence-corrected chi connectivity index (χ2v) is 2.27. The molecule has 4 heteroatoms. The summed E-state index contributed by atoms with van der Waals surface area (Å²) in [6.45, 7) is 0. The smallest absolute Gasteiger partial charge is 0.421 e. The van der Waals surface area contributed by atoms with Crippen LogP contribution in [0, 0.1) is 6.08 Å². The predicted octanol–water partition coefficient (Wildman–Crippen LogP) is 0.420. The van der Waals surface area contributed by atoms with Crippen molar-refractivity contribution in [3.63, 3.8) is 0 Å². The largest absolute Gasteiger partial charge is 0.526 e. The molecule has 0 heterocycles. The third-order valence-corrected chi connectivity index (χ3v) is 1.30. The highest BCUT2D eigenvalue weighted by molar-refractivity contribution is 6.52. The van der Waals surface area contributed by atoms with Gasteiger partial charge in [-0.1, -0.05) is 11.6 Å². The Kier molecular flexibility index (Phi) is 2.25. The molecule has 0 aromatic carbocycles. The molecule has 1 aliphatic carbocycles. The first-order valence-corrected chi connectivity index (χ1v) is 3.11. The van der Waals surface area contributed by atoms with Crippen molar-refractivity contribution >= 4 is 18.7 Å². The van der Waals surface area contributed by atoms with Gasteiger partial charge < -0.3 is 10.0 Å². The zero-order chi connectivity index (χ0) is 7.56. The Bertz CT molecular complexity index is 218. The zero-order valence-electron chi connectivity index (χ0n) is 5.08. The minimum absolute atomic E-state index is 0.285. The van der Waals surface area contributed by atoms with Crippen molar-refractivity contribution in [2.45, 2.75) is 0 Å². The fourth-order valence-corrected chi connectivity index (χ4v) is 0.785. The van der Waals surface area contributed by atoms with Crippen molar-refractivity contribution in [3.05, 3.63) is 34.8 Å². The Morgan fingerprint density at radius 2 is 2.20 bits per heavy atom. The second kappa shape index (κ2) is 2.99. The van der Waals surface area contributed by atoms with Gasteiger partial charge >= 0.3 is 7.12 Å². The predicted molar refractivity (Wildman–Crippen MR) is 40.0 cm³/mol. The molecule has 10 heavy (non-hydrogen) atoms. The summed E-state index contributed by atoms with van der Waals surface area (Å²) in [6.07, 6.45) is 7.23. The van der Waals surface area contributed by atoms with Crippen LogP contribution in [0.5, 0.6) is 0 Å². The first-order valence-electron chi connectivity index (χ1n) is 2.73. The van der Waals surface area contributed by atoms with Crippen LogP contribution in [0.25, 0.3) is 0 Å². The maximum absolute atomic E-state index is 8.61. The van der Waals surface area contributed by atoms with E-state index in [0.717, 1.165) is 0 Å². The fourth-order valence-electron chi connectivity index (χ4n) is 0.605. The SMILES string of the molecule is OB(O)C1=[C+]C=CC(Cl)=C1. The van der Waals surface area contributed by atoms with Crippen LogP contribution in [-0.2, 0) is 0 Å². The maximum Gasteiger partial charge on any atom is 0.526 e. The van der Waals surface area contributed by atoms with E-state index in [1.807, 2.05) is 0 Å². The van der Waals surface area contributed by atoms with E-state index < -0.39 is 7.12 Å². The van der Waals surface area contributed by atoms with E-state index in [-0.39, 0.29) is 5.47 Å². The van der Waals surface area contributed by atoms with E-state index in [9.17, 15) is 0 Å². The van der Waals surface area contributed by atoms with Crippen LogP contribution in [0.2, 0.25) is 0 Å². The van der Waals surface area contributed by atoms with Gasteiger partial charge in [-0.15, -0.1) is 0 Å². The monoisotopic (exact) mass is 155 g/mol. The summed E-state index contributed by atoms with van der Waals surface area (Å²) in [5.74, 6) is 0. The highest BCUT2D eigenvalue weighted by Gasteiger charge is 2.21. The van der Waals surface area contributed by atoms with Gasteiger partial charge in [0.25, 0.3) is 0 Å². The highest BCUT2D eigenvalue weighted by atomic mass is 35.5. The van der Waals surface area contributed by atoms with Crippen molar-refractivity contribution in [2.75, 3.05) is 0 Å². The van der Waals surface area contributed by atoms with Gasteiger partial charge in [-0.05, 0) is 0 Å². The molecule has 0 unspecified atom stereocenters. The molecule has 0 saturated heterocycles. The quantitative estimate of drug-likeness (QED) is 0.426. The van der Waals surface area contributed by atoms with Crippen molar-refractivity contribution in [1.29, 1.82) is 0 Å². The van der Waals surface area contributed by atoms with Gasteiger partial charge in [0.1, 0.15) is 11.5 Å². The van der Waals surface area contributed by atoms with Crippen molar-refractivity contribution in [2.24, 2.45) is 0 Å². The van der Waals surface area contributed by atoms with Crippen molar-refractivity contribution in [1.82, 2.24) is 0 Å². The summed E-state index contributed by atoms with van der Waals surface area (Å²) < 4.78 is 0. The molecule has 0 amide bonds. The summed E-state index contributed by atoms with van der Waals surface area (Å²) in [6, 6.07) is 0. The summed E-state index contributed by atoms with van der Waals surface area (Å²) >= 11 is 5.55. The number of hydrogen-bond acceptors (Lipinski definition) is 2. The van der Waals surface area contributed by atoms with Gasteiger partial charge in [-0.25, -0.2) is 0 Å². The molecule has 0 radical (unpaired) electrons. The minimum atomic E-state index is -1.49. The lowest BCUT2D eigenvalue weighted by molar-refractivity contribution is 0.420. The van der Waals surface area contributed by atoms with Crippen LogP contribution < -0.4 is 0 Å². The number of allylic oxidation sites excluding steroid dienone is 6. The second-order valence-electron chi connectivity index (χ2n) is 1.84. The van der Waals surface area contributed by atoms with Gasteiger partial charge in [-0.2, -0.15) is 0 Å². The Hall–Kier alpha value is -0.595. The molecule has 0 saturated carbocycles. The van der Waals surface area contributed by atoms with E-state index in [1.165, 1.54) is 12.2 Å². The van der Waals surface area contributed by atoms with Gasteiger partial charge in [0.15, 0.2) is 5.03 Å². The molecule has 0 spiro atoms. The van der Waals surface area contributed by atoms with E-state index in [0.29, 0.717) is 5.03 Å². The molecule has 0 fully saturated rings. The summed E-state index contributed by atoms with van der Waals surface area (Å²) in [5.41, 5.74) is 0.285. The molecule has 0 aliphatic heterocycles. The van der Waals surface area contributed by atoms with Gasteiger partial charge in [0.2, 0.25) is 0 Å². The molecule has 2 nitrogen and oxygen atoms in total. The molecule has 0 aromatic rings. The number of rotatable bonds is 1. The topological polar surface area (TPSA) is 40.5 Å². The molecule has 50 valence electrons. The number of halogens is 1. The third-order valence-electron chi connectivity index (χ3n) is 1.06. The molecule has 0 bridgehead atoms. The van der Waals surface area contributed by atoms with E-state index >= 15 is 0 Å². The lowest BCUT2D eigenvalue weighted by Gasteiger charge is -1.92. The van der Waals surface area contributed by atoms with Crippen LogP contribution in [-0.4, -0.2) is 17.2 Å². The standard InChI is InChI=1S/C6H5BClO2/c8-6-3-1-2-5(4-6)7(9)10/h1,3-4,9-10H/q+1. The third kappa shape index (κ3) is 1.69. The van der Waals surface area contributed by atoms with Crippen LogP contribution in [0.1, 0.15) is 0 Å². The first-order chi connectivity index (χ1) is 4.70. The maximum atomic E-state index is 8.61. The average molecular weight is 155 g/mol.